The Labute approximate surface area is 240 Å². The molecule has 0 fully saturated rings. The molecule has 0 spiro atoms. The summed E-state index contributed by atoms with van der Waals surface area (Å²) in [5.41, 5.74) is 14.1. The van der Waals surface area contributed by atoms with E-state index in [1.165, 1.54) is 55.7 Å². The molecule has 0 radical (unpaired) electrons. The molecular weight excluding hydrogens is 552 g/mol. The average Bonchev–Trinajstić information content (AvgIpc) is 3.66. The molecule has 3 heteroatoms. The number of hydrogen-bond donors (Lipinski definition) is 0. The van der Waals surface area contributed by atoms with E-state index in [1.54, 1.807) is 11.1 Å². The first-order valence-corrected chi connectivity index (χ1v) is 16.5. The van der Waals surface area contributed by atoms with Crippen molar-refractivity contribution in [2.75, 3.05) is 0 Å². The molecule has 2 aliphatic rings. The molecule has 2 aromatic heterocycles. The fraction of sp³-hybridized carbons (Fsp3) is 0.111. The number of nitrogens with zero attached hydrogens (tertiary/aromatic N) is 2. The number of aromatic nitrogens is 2. The summed E-state index contributed by atoms with van der Waals surface area (Å²) in [6.45, 7) is 4.75. The first kappa shape index (κ1) is 23.2. The maximum atomic E-state index is 2.48. The molecule has 0 amide bonds. The summed E-state index contributed by atoms with van der Waals surface area (Å²) in [4.78, 5) is 0. The number of rotatable bonds is 4. The second kappa shape index (κ2) is 8.93. The van der Waals surface area contributed by atoms with Gasteiger partial charge in [0.1, 0.15) is 0 Å². The van der Waals surface area contributed by atoms with Gasteiger partial charge in [0.05, 0.1) is 0 Å². The number of fused-ring (bicyclic) bond motifs is 6. The number of hydrogen-bond acceptors (Lipinski definition) is 0. The number of benzene rings is 4. The first-order valence-electron chi connectivity index (χ1n) is 13.7. The van der Waals surface area contributed by atoms with Crippen LogP contribution >= 0.6 is 0 Å². The van der Waals surface area contributed by atoms with E-state index in [4.69, 9.17) is 0 Å². The molecule has 2 atom stereocenters. The molecule has 0 aliphatic heterocycles. The zero-order valence-electron chi connectivity index (χ0n) is 22.1. The third-order valence-corrected chi connectivity index (χ3v) is 13.8. The summed E-state index contributed by atoms with van der Waals surface area (Å²) in [5, 5.41) is 2.84. The fourth-order valence-corrected chi connectivity index (χ4v) is 11.7. The van der Waals surface area contributed by atoms with Crippen LogP contribution in [0.2, 0.25) is 0 Å². The number of para-hydroxylation sites is 4. The number of allylic oxidation sites excluding steroid dienone is 2. The minimum absolute atomic E-state index is 0.552. The standard InChI is InChI=1S/2C18H14N.Zr/c2*1-13-11-16-15-9-5-6-10-17(15)19(18(16)12-13)14-7-3-2-4-8-14;/h2*2-12H,1H3;. The quantitative estimate of drug-likeness (QED) is 0.197. The van der Waals surface area contributed by atoms with Crippen molar-refractivity contribution in [2.24, 2.45) is 0 Å². The van der Waals surface area contributed by atoms with Crippen molar-refractivity contribution in [1.29, 1.82) is 0 Å². The zero-order chi connectivity index (χ0) is 26.1. The van der Waals surface area contributed by atoms with Gasteiger partial charge in [0.2, 0.25) is 0 Å². The summed E-state index contributed by atoms with van der Waals surface area (Å²) in [5.74, 6) is 0. The van der Waals surface area contributed by atoms with Crippen LogP contribution in [-0.4, -0.2) is 9.13 Å². The maximum absolute atomic E-state index is 2.48. The van der Waals surface area contributed by atoms with Crippen molar-refractivity contribution >= 4 is 34.0 Å². The molecule has 2 unspecified atom stereocenters. The minimum atomic E-state index is -1.00. The molecule has 186 valence electrons. The van der Waals surface area contributed by atoms with E-state index >= 15 is 0 Å². The Bertz CT molecular complexity index is 1810. The monoisotopic (exact) mass is 578 g/mol. The molecular formula is C36H28N2Zr. The summed E-state index contributed by atoms with van der Waals surface area (Å²) in [6, 6.07) is 39.8. The van der Waals surface area contributed by atoms with E-state index in [0.717, 1.165) is 0 Å². The van der Waals surface area contributed by atoms with Crippen LogP contribution in [0.4, 0.5) is 0 Å². The normalized spacial score (nSPS) is 17.8. The summed E-state index contributed by atoms with van der Waals surface area (Å²) < 4.78 is 6.07. The molecule has 0 saturated carbocycles. The van der Waals surface area contributed by atoms with E-state index < -0.39 is 23.2 Å². The predicted octanol–water partition coefficient (Wildman–Crippen LogP) is 9.27. The van der Waals surface area contributed by atoms with Crippen LogP contribution < -0.4 is 0 Å². The van der Waals surface area contributed by atoms with Gasteiger partial charge in [-0.15, -0.1) is 0 Å². The molecule has 0 bridgehead atoms. The summed E-state index contributed by atoms with van der Waals surface area (Å²) >= 11 is -1.00. The molecule has 39 heavy (non-hydrogen) atoms. The zero-order valence-corrected chi connectivity index (χ0v) is 24.6. The Morgan fingerprint density at radius 2 is 0.872 bits per heavy atom. The fourth-order valence-electron chi connectivity index (χ4n) is 6.82. The van der Waals surface area contributed by atoms with Crippen LogP contribution in [0, 0.1) is 0 Å². The molecule has 8 rings (SSSR count). The molecule has 2 heterocycles. The third-order valence-electron chi connectivity index (χ3n) is 8.48. The van der Waals surface area contributed by atoms with Gasteiger partial charge >= 0.3 is 242 Å². The van der Waals surface area contributed by atoms with E-state index in [-0.39, 0.29) is 0 Å². The van der Waals surface area contributed by atoms with Gasteiger partial charge in [0.15, 0.2) is 0 Å². The molecule has 0 saturated heterocycles. The molecule has 2 nitrogen and oxygen atoms in total. The van der Waals surface area contributed by atoms with Gasteiger partial charge in [-0.3, -0.25) is 0 Å². The van der Waals surface area contributed by atoms with Crippen LogP contribution in [0.1, 0.15) is 43.6 Å². The van der Waals surface area contributed by atoms with Gasteiger partial charge in [0.25, 0.3) is 0 Å². The van der Waals surface area contributed by atoms with Gasteiger partial charge in [-0.2, -0.15) is 0 Å². The Morgan fingerprint density at radius 1 is 0.487 bits per heavy atom. The summed E-state index contributed by atoms with van der Waals surface area (Å²) in [7, 11) is 0. The summed E-state index contributed by atoms with van der Waals surface area (Å²) in [6.07, 6.45) is 4.96. The molecule has 0 N–H and O–H groups in total. The van der Waals surface area contributed by atoms with Crippen LogP contribution in [0.3, 0.4) is 0 Å². The van der Waals surface area contributed by atoms with Crippen LogP contribution in [0.25, 0.3) is 45.3 Å². The van der Waals surface area contributed by atoms with Crippen LogP contribution in [-0.2, 0) is 23.2 Å². The van der Waals surface area contributed by atoms with Crippen molar-refractivity contribution in [1.82, 2.24) is 9.13 Å². The van der Waals surface area contributed by atoms with E-state index in [9.17, 15) is 0 Å². The SMILES string of the molecule is CC1=Cc2c(c3ccccc3n2-c2ccccc2)[CH]1[Zr][CH]1C(C)=Cc2c1c1ccccc1n2-c1ccccc1. The Morgan fingerprint density at radius 3 is 1.31 bits per heavy atom. The van der Waals surface area contributed by atoms with Gasteiger partial charge in [0, 0.05) is 0 Å². The topological polar surface area (TPSA) is 9.86 Å². The average molecular weight is 580 g/mol. The molecule has 4 aromatic carbocycles. The van der Waals surface area contributed by atoms with Crippen LogP contribution in [0.15, 0.2) is 120 Å². The molecule has 2 aliphatic carbocycles. The van der Waals surface area contributed by atoms with Crippen LogP contribution in [0.5, 0.6) is 0 Å². The first-order chi connectivity index (χ1) is 19.2. The Balaban J connectivity index is 1.29. The van der Waals surface area contributed by atoms with Crippen molar-refractivity contribution < 1.29 is 23.2 Å². The van der Waals surface area contributed by atoms with Gasteiger partial charge in [-0.1, -0.05) is 0 Å². The van der Waals surface area contributed by atoms with E-state index in [2.05, 4.69) is 144 Å². The van der Waals surface area contributed by atoms with E-state index in [0.29, 0.717) is 7.25 Å². The van der Waals surface area contributed by atoms with Gasteiger partial charge in [-0.05, 0) is 0 Å². The third kappa shape index (κ3) is 3.43. The van der Waals surface area contributed by atoms with Crippen molar-refractivity contribution in [3.05, 3.63) is 143 Å². The second-order valence-electron chi connectivity index (χ2n) is 10.8. The van der Waals surface area contributed by atoms with Crippen molar-refractivity contribution in [3.8, 4) is 11.4 Å². The second-order valence-corrected chi connectivity index (χ2v) is 14.4. The Kier molecular flexibility index (Phi) is 5.32. The predicted molar refractivity (Wildman–Crippen MR) is 159 cm³/mol. The van der Waals surface area contributed by atoms with Gasteiger partial charge in [-0.25, -0.2) is 0 Å². The van der Waals surface area contributed by atoms with E-state index in [1.807, 2.05) is 0 Å². The van der Waals surface area contributed by atoms with Crippen molar-refractivity contribution in [2.45, 2.75) is 21.1 Å². The van der Waals surface area contributed by atoms with Gasteiger partial charge < -0.3 is 0 Å². The van der Waals surface area contributed by atoms with Crippen molar-refractivity contribution in [3.63, 3.8) is 0 Å². The molecule has 6 aromatic rings. The Hall–Kier alpha value is -3.68.